The third kappa shape index (κ3) is 4.52. The first-order valence-electron chi connectivity index (χ1n) is 6.47. The van der Waals surface area contributed by atoms with Gasteiger partial charge in [0.15, 0.2) is 23.3 Å². The van der Waals surface area contributed by atoms with Crippen LogP contribution in [0, 0.1) is 23.3 Å². The topological polar surface area (TPSA) is 78.9 Å². The van der Waals surface area contributed by atoms with Gasteiger partial charge in [-0.1, -0.05) is 0 Å². The minimum atomic E-state index is -5.33. The zero-order valence-electron chi connectivity index (χ0n) is 13.0. The van der Waals surface area contributed by atoms with Gasteiger partial charge < -0.3 is 13.3 Å². The predicted molar refractivity (Wildman–Crippen MR) is 71.2 cm³/mol. The molecule has 0 amide bonds. The van der Waals surface area contributed by atoms with Crippen LogP contribution >= 0.6 is 0 Å². The zero-order chi connectivity index (χ0) is 19.5. The molecule has 6 nitrogen and oxygen atoms in total. The van der Waals surface area contributed by atoms with Gasteiger partial charge in [0.2, 0.25) is 5.79 Å². The molecule has 0 N–H and O–H groups in total. The monoisotopic (exact) mass is 386 g/mol. The van der Waals surface area contributed by atoms with Crippen LogP contribution in [0.3, 0.4) is 0 Å². The van der Waals surface area contributed by atoms with Crippen molar-refractivity contribution in [2.75, 3.05) is 0 Å². The maximum absolute atomic E-state index is 14.8. The van der Waals surface area contributed by atoms with Gasteiger partial charge in [0.1, 0.15) is 0 Å². The van der Waals surface area contributed by atoms with Crippen LogP contribution in [0.2, 0.25) is 0 Å². The highest BCUT2D eigenvalue weighted by Gasteiger charge is 2.62. The van der Waals surface area contributed by atoms with Crippen LogP contribution in [0.15, 0.2) is 6.07 Å². The molecule has 1 aromatic carbocycles. The van der Waals surface area contributed by atoms with Crippen molar-refractivity contribution in [2.45, 2.75) is 26.6 Å². The van der Waals surface area contributed by atoms with E-state index >= 15 is 0 Å². The second-order valence-electron chi connectivity index (χ2n) is 4.64. The SMILES string of the molecule is CC(=O)O[Si](OC(C)=O)(OC(C)=O)C(F)c1cc(F)c(F)c(F)c1F. The first-order valence-corrected chi connectivity index (χ1v) is 8.27. The highest BCUT2D eigenvalue weighted by atomic mass is 28.4. The fraction of sp³-hybridized carbons (Fsp3) is 0.308. The molecule has 0 bridgehead atoms. The highest BCUT2D eigenvalue weighted by molar-refractivity contribution is 6.66. The first-order chi connectivity index (χ1) is 11.4. The second-order valence-corrected chi connectivity index (χ2v) is 6.96. The molecule has 0 saturated heterocycles. The van der Waals surface area contributed by atoms with E-state index in [1.54, 1.807) is 0 Å². The highest BCUT2D eigenvalue weighted by Crippen LogP contribution is 2.35. The van der Waals surface area contributed by atoms with Gasteiger partial charge in [-0.3, -0.25) is 14.4 Å². The van der Waals surface area contributed by atoms with E-state index in [1.807, 2.05) is 0 Å². The molecule has 0 aromatic heterocycles. The average molecular weight is 386 g/mol. The molecular weight excluding hydrogens is 375 g/mol. The standard InChI is InChI=1S/C13H11F5O6Si/c1-5(19)22-25(23-6(2)20,24-7(3)21)13(18)8-4-9(14)11(16)12(17)10(8)15/h4,13H,1-3H3. The number of carbonyl (C=O) groups is 3. The maximum Gasteiger partial charge on any atom is 0.746 e. The summed E-state index contributed by atoms with van der Waals surface area (Å²) < 4.78 is 81.7. The molecule has 12 heteroatoms. The van der Waals surface area contributed by atoms with E-state index in [9.17, 15) is 36.3 Å². The Bertz CT molecular complexity index is 685. The van der Waals surface area contributed by atoms with E-state index in [0.29, 0.717) is 0 Å². The lowest BCUT2D eigenvalue weighted by Crippen LogP contribution is -2.53. The molecule has 138 valence electrons. The lowest BCUT2D eigenvalue weighted by Gasteiger charge is -2.28. The third-order valence-corrected chi connectivity index (χ3v) is 5.22. The number of carbonyl (C=O) groups excluding carboxylic acids is 3. The van der Waals surface area contributed by atoms with Crippen LogP contribution in [0.25, 0.3) is 0 Å². The Labute approximate surface area is 138 Å². The lowest BCUT2D eigenvalue weighted by molar-refractivity contribution is -0.149. The summed E-state index contributed by atoms with van der Waals surface area (Å²) in [4.78, 5) is 33.6. The molecular formula is C13H11F5O6Si. The lowest BCUT2D eigenvalue weighted by atomic mass is 10.2. The Hall–Kier alpha value is -2.50. The van der Waals surface area contributed by atoms with Crippen molar-refractivity contribution in [1.82, 2.24) is 0 Å². The van der Waals surface area contributed by atoms with Crippen LogP contribution in [-0.2, 0) is 27.7 Å². The fourth-order valence-electron chi connectivity index (χ4n) is 1.78. The summed E-state index contributed by atoms with van der Waals surface area (Å²) in [6.07, 6.45) is 0. The largest absolute Gasteiger partial charge is 0.746 e. The van der Waals surface area contributed by atoms with Crippen molar-refractivity contribution in [3.05, 3.63) is 34.9 Å². The molecule has 1 unspecified atom stereocenters. The van der Waals surface area contributed by atoms with Crippen LogP contribution in [0.4, 0.5) is 22.0 Å². The molecule has 0 fully saturated rings. The Morgan fingerprint density at radius 1 is 0.840 bits per heavy atom. The van der Waals surface area contributed by atoms with Crippen LogP contribution in [0.1, 0.15) is 32.1 Å². The smallest absolute Gasteiger partial charge is 0.453 e. The summed E-state index contributed by atoms with van der Waals surface area (Å²) in [5.41, 5.74) is -1.49. The van der Waals surface area contributed by atoms with Crippen molar-refractivity contribution in [3.63, 3.8) is 0 Å². The van der Waals surface area contributed by atoms with Crippen LogP contribution < -0.4 is 0 Å². The average Bonchev–Trinajstić information content (AvgIpc) is 2.45. The number of rotatable bonds is 5. The molecule has 1 atom stereocenters. The van der Waals surface area contributed by atoms with E-state index in [4.69, 9.17) is 0 Å². The van der Waals surface area contributed by atoms with Gasteiger partial charge >= 0.3 is 8.80 Å². The summed E-state index contributed by atoms with van der Waals surface area (Å²) in [6.45, 7) is 2.18. The molecule has 0 spiro atoms. The molecule has 0 aliphatic carbocycles. The van der Waals surface area contributed by atoms with Gasteiger partial charge in [0.25, 0.3) is 17.9 Å². The number of benzene rings is 1. The Morgan fingerprint density at radius 3 is 1.60 bits per heavy atom. The van der Waals surface area contributed by atoms with E-state index in [2.05, 4.69) is 13.3 Å². The van der Waals surface area contributed by atoms with Crippen molar-refractivity contribution in [3.8, 4) is 0 Å². The molecule has 0 saturated carbocycles. The molecule has 1 aromatic rings. The van der Waals surface area contributed by atoms with E-state index in [0.717, 1.165) is 20.8 Å². The van der Waals surface area contributed by atoms with Gasteiger partial charge in [-0.25, -0.2) is 22.0 Å². The molecule has 0 aliphatic rings. The normalized spacial score (nSPS) is 12.3. The zero-order valence-corrected chi connectivity index (χ0v) is 14.0. The summed E-state index contributed by atoms with van der Waals surface area (Å²) >= 11 is 0. The van der Waals surface area contributed by atoms with Crippen molar-refractivity contribution in [1.29, 1.82) is 0 Å². The van der Waals surface area contributed by atoms with Crippen LogP contribution in [-0.4, -0.2) is 26.7 Å². The second kappa shape index (κ2) is 7.59. The van der Waals surface area contributed by atoms with E-state index in [-0.39, 0.29) is 6.07 Å². The minimum absolute atomic E-state index is 0.0728. The summed E-state index contributed by atoms with van der Waals surface area (Å²) in [5.74, 6) is -15.7. The number of hydrogen-bond donors (Lipinski definition) is 0. The quantitative estimate of drug-likeness (QED) is 0.335. The molecule has 25 heavy (non-hydrogen) atoms. The molecule has 1 rings (SSSR count). The molecule has 0 radical (unpaired) electrons. The van der Waals surface area contributed by atoms with E-state index in [1.165, 1.54) is 0 Å². The summed E-state index contributed by atoms with van der Waals surface area (Å²) in [6, 6.07) is -0.0728. The van der Waals surface area contributed by atoms with Gasteiger partial charge in [-0.05, 0) is 6.07 Å². The van der Waals surface area contributed by atoms with Crippen molar-refractivity contribution in [2.24, 2.45) is 0 Å². The number of hydrogen-bond acceptors (Lipinski definition) is 6. The minimum Gasteiger partial charge on any atom is -0.453 e. The van der Waals surface area contributed by atoms with Crippen molar-refractivity contribution < 1.29 is 49.6 Å². The molecule has 0 heterocycles. The maximum atomic E-state index is 14.8. The van der Waals surface area contributed by atoms with Gasteiger partial charge in [0, 0.05) is 26.3 Å². The predicted octanol–water partition coefficient (Wildman–Crippen LogP) is 2.42. The van der Waals surface area contributed by atoms with Crippen molar-refractivity contribution >= 4 is 26.7 Å². The molecule has 0 aliphatic heterocycles. The Morgan fingerprint density at radius 2 is 1.24 bits per heavy atom. The number of alkyl halides is 1. The van der Waals surface area contributed by atoms with Gasteiger partial charge in [-0.15, -0.1) is 0 Å². The summed E-state index contributed by atoms with van der Waals surface area (Å²) in [5, 5.41) is 0. The Balaban J connectivity index is 3.60. The third-order valence-electron chi connectivity index (χ3n) is 2.57. The van der Waals surface area contributed by atoms with Gasteiger partial charge in [0.05, 0.1) is 0 Å². The number of halogens is 5. The summed E-state index contributed by atoms with van der Waals surface area (Å²) in [7, 11) is -5.33. The van der Waals surface area contributed by atoms with E-state index < -0.39 is 61.3 Å². The fourth-order valence-corrected chi connectivity index (χ4v) is 4.01. The van der Waals surface area contributed by atoms with Gasteiger partial charge in [-0.2, -0.15) is 0 Å². The first kappa shape index (κ1) is 20.5. The Kier molecular flexibility index (Phi) is 6.24. The van der Waals surface area contributed by atoms with Crippen LogP contribution in [0.5, 0.6) is 0 Å².